The number of likely N-dealkylation sites (N-methyl/N-ethyl adjacent to an activating group) is 1. The third kappa shape index (κ3) is 4.01. The van der Waals surface area contributed by atoms with Crippen LogP contribution >= 0.6 is 11.8 Å². The Kier molecular flexibility index (Phi) is 5.10. The molecule has 0 spiro atoms. The summed E-state index contributed by atoms with van der Waals surface area (Å²) in [5.41, 5.74) is 7.25. The predicted molar refractivity (Wildman–Crippen MR) is 80.1 cm³/mol. The van der Waals surface area contributed by atoms with Crippen LogP contribution in [0, 0.1) is 5.92 Å². The van der Waals surface area contributed by atoms with Gasteiger partial charge < -0.3 is 10.6 Å². The summed E-state index contributed by atoms with van der Waals surface area (Å²) in [7, 11) is 2.22. The van der Waals surface area contributed by atoms with E-state index in [1.54, 1.807) is 11.8 Å². The lowest BCUT2D eigenvalue weighted by molar-refractivity contribution is 0.183. The van der Waals surface area contributed by atoms with Crippen molar-refractivity contribution in [3.8, 4) is 0 Å². The molecule has 0 radical (unpaired) electrons. The van der Waals surface area contributed by atoms with Crippen LogP contribution in [0.4, 0.5) is 0 Å². The first-order valence-corrected chi connectivity index (χ1v) is 7.97. The van der Waals surface area contributed by atoms with Crippen molar-refractivity contribution in [2.45, 2.75) is 30.2 Å². The zero-order valence-corrected chi connectivity index (χ0v) is 12.2. The second kappa shape index (κ2) is 6.60. The first-order chi connectivity index (χ1) is 8.67. The van der Waals surface area contributed by atoms with E-state index in [9.17, 15) is 0 Å². The van der Waals surface area contributed by atoms with E-state index in [2.05, 4.69) is 42.5 Å². The molecule has 2 nitrogen and oxygen atoms in total. The summed E-state index contributed by atoms with van der Waals surface area (Å²) < 4.78 is 0. The van der Waals surface area contributed by atoms with Crippen LogP contribution in [0.3, 0.4) is 0 Å². The highest BCUT2D eigenvalue weighted by Crippen LogP contribution is 2.26. The number of nitrogens with two attached hydrogens (primary N) is 1. The SMILES string of the molecule is CSc1ccc(CCN(C)CC2CC(N)C2)cc1. The van der Waals surface area contributed by atoms with Crippen molar-refractivity contribution >= 4 is 11.8 Å². The highest BCUT2D eigenvalue weighted by atomic mass is 32.2. The topological polar surface area (TPSA) is 29.3 Å². The number of hydrogen-bond acceptors (Lipinski definition) is 3. The van der Waals surface area contributed by atoms with Crippen molar-refractivity contribution in [2.75, 3.05) is 26.4 Å². The van der Waals surface area contributed by atoms with Gasteiger partial charge in [0.1, 0.15) is 0 Å². The van der Waals surface area contributed by atoms with Crippen molar-refractivity contribution < 1.29 is 0 Å². The molecule has 0 bridgehead atoms. The number of nitrogens with zero attached hydrogens (tertiary/aromatic N) is 1. The van der Waals surface area contributed by atoms with Crippen LogP contribution < -0.4 is 5.73 Å². The Morgan fingerprint density at radius 3 is 2.50 bits per heavy atom. The van der Waals surface area contributed by atoms with Gasteiger partial charge >= 0.3 is 0 Å². The summed E-state index contributed by atoms with van der Waals surface area (Å²) in [5, 5.41) is 0. The molecular formula is C15H24N2S. The predicted octanol–water partition coefficient (Wildman–Crippen LogP) is 2.62. The summed E-state index contributed by atoms with van der Waals surface area (Å²) in [5.74, 6) is 0.837. The van der Waals surface area contributed by atoms with Gasteiger partial charge in [0.25, 0.3) is 0 Å². The van der Waals surface area contributed by atoms with Crippen LogP contribution in [0.25, 0.3) is 0 Å². The van der Waals surface area contributed by atoms with E-state index in [1.165, 1.54) is 29.8 Å². The molecule has 2 N–H and O–H groups in total. The molecule has 3 heteroatoms. The largest absolute Gasteiger partial charge is 0.328 e. The molecule has 1 aromatic carbocycles. The van der Waals surface area contributed by atoms with E-state index in [1.807, 2.05) is 0 Å². The van der Waals surface area contributed by atoms with Crippen molar-refractivity contribution in [1.82, 2.24) is 4.90 Å². The van der Waals surface area contributed by atoms with Gasteiger partial charge in [-0.15, -0.1) is 11.8 Å². The second-order valence-corrected chi connectivity index (χ2v) is 6.34. The summed E-state index contributed by atoms with van der Waals surface area (Å²) in [6.07, 6.45) is 5.69. The average molecular weight is 264 g/mol. The molecular weight excluding hydrogens is 240 g/mol. The molecule has 18 heavy (non-hydrogen) atoms. The Balaban J connectivity index is 1.69. The molecule has 0 aliphatic heterocycles. The first-order valence-electron chi connectivity index (χ1n) is 6.74. The Hall–Kier alpha value is -0.510. The molecule has 0 amide bonds. The zero-order valence-electron chi connectivity index (χ0n) is 11.4. The van der Waals surface area contributed by atoms with Gasteiger partial charge in [-0.05, 0) is 56.2 Å². The molecule has 1 aliphatic rings. The third-order valence-corrected chi connectivity index (χ3v) is 4.53. The first kappa shape index (κ1) is 13.9. The Morgan fingerprint density at radius 1 is 1.28 bits per heavy atom. The fourth-order valence-electron chi connectivity index (χ4n) is 2.58. The average Bonchev–Trinajstić information content (AvgIpc) is 2.35. The summed E-state index contributed by atoms with van der Waals surface area (Å²) >= 11 is 1.80. The lowest BCUT2D eigenvalue weighted by atomic mass is 9.80. The maximum atomic E-state index is 5.82. The standard InChI is InChI=1S/C15H24N2S/c1-17(11-13-9-14(16)10-13)8-7-12-3-5-15(18-2)6-4-12/h3-6,13-14H,7-11,16H2,1-2H3. The van der Waals surface area contributed by atoms with E-state index < -0.39 is 0 Å². The molecule has 1 saturated carbocycles. The molecule has 0 atom stereocenters. The molecule has 0 unspecified atom stereocenters. The normalized spacial score (nSPS) is 23.1. The molecule has 0 aromatic heterocycles. The Bertz CT molecular complexity index is 357. The molecule has 100 valence electrons. The molecule has 1 aliphatic carbocycles. The summed E-state index contributed by atoms with van der Waals surface area (Å²) in [4.78, 5) is 3.79. The van der Waals surface area contributed by atoms with Gasteiger partial charge in [0, 0.05) is 24.0 Å². The maximum Gasteiger partial charge on any atom is 0.00693 e. The van der Waals surface area contributed by atoms with Gasteiger partial charge in [-0.2, -0.15) is 0 Å². The Morgan fingerprint density at radius 2 is 1.94 bits per heavy atom. The number of benzene rings is 1. The van der Waals surface area contributed by atoms with Crippen LogP contribution in [0.2, 0.25) is 0 Å². The van der Waals surface area contributed by atoms with Gasteiger partial charge in [-0.25, -0.2) is 0 Å². The second-order valence-electron chi connectivity index (χ2n) is 5.46. The monoisotopic (exact) mass is 264 g/mol. The molecule has 2 rings (SSSR count). The van der Waals surface area contributed by atoms with Gasteiger partial charge in [0.2, 0.25) is 0 Å². The minimum Gasteiger partial charge on any atom is -0.328 e. The lowest BCUT2D eigenvalue weighted by Crippen LogP contribution is -2.42. The molecule has 1 aromatic rings. The van der Waals surface area contributed by atoms with Crippen LogP contribution in [0.15, 0.2) is 29.2 Å². The van der Waals surface area contributed by atoms with Crippen LogP contribution in [-0.2, 0) is 6.42 Å². The number of thioether (sulfide) groups is 1. The number of hydrogen-bond donors (Lipinski definition) is 1. The maximum absolute atomic E-state index is 5.82. The third-order valence-electron chi connectivity index (χ3n) is 3.78. The van der Waals surface area contributed by atoms with Gasteiger partial charge in [-0.1, -0.05) is 12.1 Å². The van der Waals surface area contributed by atoms with Crippen molar-refractivity contribution in [1.29, 1.82) is 0 Å². The fraction of sp³-hybridized carbons (Fsp3) is 0.600. The van der Waals surface area contributed by atoms with Crippen molar-refractivity contribution in [3.63, 3.8) is 0 Å². The highest BCUT2D eigenvalue weighted by Gasteiger charge is 2.26. The van der Waals surface area contributed by atoms with E-state index in [-0.39, 0.29) is 0 Å². The summed E-state index contributed by atoms with van der Waals surface area (Å²) in [6, 6.07) is 9.40. The van der Waals surface area contributed by atoms with Crippen LogP contribution in [-0.4, -0.2) is 37.3 Å². The van der Waals surface area contributed by atoms with Crippen molar-refractivity contribution in [2.24, 2.45) is 11.7 Å². The van der Waals surface area contributed by atoms with Gasteiger partial charge in [-0.3, -0.25) is 0 Å². The van der Waals surface area contributed by atoms with Crippen LogP contribution in [0.5, 0.6) is 0 Å². The zero-order chi connectivity index (χ0) is 13.0. The quantitative estimate of drug-likeness (QED) is 0.801. The minimum absolute atomic E-state index is 0.475. The van der Waals surface area contributed by atoms with E-state index >= 15 is 0 Å². The molecule has 0 heterocycles. The van der Waals surface area contributed by atoms with E-state index in [0.717, 1.165) is 18.9 Å². The molecule has 1 fully saturated rings. The number of rotatable bonds is 6. The van der Waals surface area contributed by atoms with Gasteiger partial charge in [0.05, 0.1) is 0 Å². The van der Waals surface area contributed by atoms with E-state index in [4.69, 9.17) is 5.73 Å². The summed E-state index contributed by atoms with van der Waals surface area (Å²) in [6.45, 7) is 2.35. The molecule has 0 saturated heterocycles. The van der Waals surface area contributed by atoms with Crippen molar-refractivity contribution in [3.05, 3.63) is 29.8 Å². The Labute approximate surface area is 115 Å². The fourth-order valence-corrected chi connectivity index (χ4v) is 2.99. The van der Waals surface area contributed by atoms with E-state index in [0.29, 0.717) is 6.04 Å². The highest BCUT2D eigenvalue weighted by molar-refractivity contribution is 7.98. The minimum atomic E-state index is 0.475. The van der Waals surface area contributed by atoms with Crippen LogP contribution in [0.1, 0.15) is 18.4 Å². The van der Waals surface area contributed by atoms with Gasteiger partial charge in [0.15, 0.2) is 0 Å². The smallest absolute Gasteiger partial charge is 0.00693 e. The lowest BCUT2D eigenvalue weighted by Gasteiger charge is -2.35.